The minimum absolute atomic E-state index is 0.115. The number of aliphatic hydroxyl groups is 1. The predicted octanol–water partition coefficient (Wildman–Crippen LogP) is 4.26. The largest absolute Gasteiger partial charge is 0.496 e. The van der Waals surface area contributed by atoms with E-state index in [0.717, 1.165) is 16.3 Å². The molecule has 5 heteroatoms. The Morgan fingerprint density at radius 3 is 2.52 bits per heavy atom. The molecule has 2 heterocycles. The molecule has 1 aliphatic heterocycles. The summed E-state index contributed by atoms with van der Waals surface area (Å²) in [6.07, 6.45) is 0.890. The summed E-state index contributed by atoms with van der Waals surface area (Å²) in [5.74, 6) is 0.976. The topological polar surface area (TPSA) is 60.7 Å². The fraction of sp³-hybridized carbons (Fsp3) is 0.250. The van der Waals surface area contributed by atoms with Gasteiger partial charge in [0.1, 0.15) is 17.1 Å². The molecule has 1 aromatic heterocycles. The van der Waals surface area contributed by atoms with Crippen LogP contribution in [-0.4, -0.2) is 22.4 Å². The molecule has 1 aliphatic rings. The van der Waals surface area contributed by atoms with E-state index in [1.807, 2.05) is 61.9 Å². The number of pyridine rings is 1. The number of fused-ring (bicyclic) bond motifs is 5. The molecule has 0 amide bonds. The number of benzene rings is 3. The van der Waals surface area contributed by atoms with E-state index in [2.05, 4.69) is 0 Å². The Labute approximate surface area is 168 Å². The van der Waals surface area contributed by atoms with Crippen molar-refractivity contribution in [3.63, 3.8) is 0 Å². The lowest BCUT2D eigenvalue weighted by atomic mass is 9.89. The van der Waals surface area contributed by atoms with Crippen molar-refractivity contribution in [1.29, 1.82) is 0 Å². The maximum Gasteiger partial charge on any atom is 0.201 e. The Morgan fingerprint density at radius 2 is 1.83 bits per heavy atom. The second-order valence-electron chi connectivity index (χ2n) is 8.14. The summed E-state index contributed by atoms with van der Waals surface area (Å²) in [5, 5.41) is 14.1. The zero-order valence-electron chi connectivity index (χ0n) is 16.8. The number of hydrogen-bond donors (Lipinski definition) is 1. The lowest BCUT2D eigenvalue weighted by molar-refractivity contribution is 0.0689. The zero-order valence-corrected chi connectivity index (χ0v) is 16.8. The maximum absolute atomic E-state index is 13.6. The van der Waals surface area contributed by atoms with Gasteiger partial charge in [-0.3, -0.25) is 4.79 Å². The number of ether oxygens (including phenoxy) is 2. The maximum atomic E-state index is 13.6. The van der Waals surface area contributed by atoms with Gasteiger partial charge in [0.05, 0.1) is 29.6 Å². The summed E-state index contributed by atoms with van der Waals surface area (Å²) in [6, 6.07) is 13.6. The molecule has 0 aliphatic carbocycles. The van der Waals surface area contributed by atoms with Crippen molar-refractivity contribution in [2.24, 2.45) is 7.05 Å². The zero-order chi connectivity index (χ0) is 20.5. The van der Waals surface area contributed by atoms with Crippen LogP contribution in [0.1, 0.15) is 25.5 Å². The Bertz CT molecular complexity index is 1370. The highest BCUT2D eigenvalue weighted by atomic mass is 16.5. The molecule has 0 bridgehead atoms. The lowest BCUT2D eigenvalue weighted by Gasteiger charge is -2.36. The van der Waals surface area contributed by atoms with Gasteiger partial charge in [0.25, 0.3) is 0 Å². The first-order chi connectivity index (χ1) is 13.8. The molecule has 147 valence electrons. The molecule has 5 rings (SSSR count). The number of rotatable bonds is 1. The van der Waals surface area contributed by atoms with Crippen LogP contribution in [0, 0.1) is 6.42 Å². The quantitative estimate of drug-likeness (QED) is 0.495. The Morgan fingerprint density at radius 1 is 1.14 bits per heavy atom. The van der Waals surface area contributed by atoms with Gasteiger partial charge in [0.15, 0.2) is 0 Å². The molecule has 1 radical (unpaired) electrons. The molecule has 0 saturated carbocycles. The molecule has 1 N–H and O–H groups in total. The van der Waals surface area contributed by atoms with Crippen LogP contribution in [0.15, 0.2) is 47.3 Å². The lowest BCUT2D eigenvalue weighted by Crippen LogP contribution is -2.36. The van der Waals surface area contributed by atoms with Crippen molar-refractivity contribution in [1.82, 2.24) is 4.57 Å². The molecule has 1 atom stereocenters. The van der Waals surface area contributed by atoms with Crippen molar-refractivity contribution in [2.75, 3.05) is 7.11 Å². The van der Waals surface area contributed by atoms with Crippen LogP contribution in [-0.2, 0) is 7.05 Å². The summed E-state index contributed by atoms with van der Waals surface area (Å²) in [6.45, 7) is 3.78. The van der Waals surface area contributed by atoms with E-state index < -0.39 is 11.7 Å². The third-order valence-electron chi connectivity index (χ3n) is 5.75. The predicted molar refractivity (Wildman–Crippen MR) is 115 cm³/mol. The number of hydrogen-bond acceptors (Lipinski definition) is 4. The Kier molecular flexibility index (Phi) is 3.71. The van der Waals surface area contributed by atoms with Gasteiger partial charge in [-0.15, -0.1) is 0 Å². The van der Waals surface area contributed by atoms with Crippen LogP contribution in [0.3, 0.4) is 0 Å². The van der Waals surface area contributed by atoms with E-state index in [1.165, 1.54) is 0 Å². The number of aryl methyl sites for hydroxylation is 1. The SMILES string of the molecule is COc1cc2c(c3c1c(=O)c1cc4ccccc4cc1n3C)C(O)[CH]C(C)(C)O2. The molecule has 0 spiro atoms. The summed E-state index contributed by atoms with van der Waals surface area (Å²) in [7, 11) is 3.45. The fourth-order valence-corrected chi connectivity index (χ4v) is 4.46. The van der Waals surface area contributed by atoms with Gasteiger partial charge in [-0.05, 0) is 36.8 Å². The second kappa shape index (κ2) is 5.97. The monoisotopic (exact) mass is 388 g/mol. The normalized spacial score (nSPS) is 18.0. The van der Waals surface area contributed by atoms with E-state index in [1.54, 1.807) is 19.6 Å². The molecule has 4 aromatic rings. The van der Waals surface area contributed by atoms with Crippen molar-refractivity contribution >= 4 is 32.6 Å². The number of nitrogens with zero attached hydrogens (tertiary/aromatic N) is 1. The summed E-state index contributed by atoms with van der Waals surface area (Å²) < 4.78 is 13.6. The Balaban J connectivity index is 2.01. The molecular formula is C24H22NO4. The van der Waals surface area contributed by atoms with Gasteiger partial charge in [-0.1, -0.05) is 24.3 Å². The van der Waals surface area contributed by atoms with Gasteiger partial charge in [-0.2, -0.15) is 0 Å². The van der Waals surface area contributed by atoms with Gasteiger partial charge in [0.2, 0.25) is 5.43 Å². The first kappa shape index (κ1) is 18.0. The highest BCUT2D eigenvalue weighted by molar-refractivity contribution is 6.04. The van der Waals surface area contributed by atoms with Crippen LogP contribution in [0.2, 0.25) is 0 Å². The van der Waals surface area contributed by atoms with Gasteiger partial charge < -0.3 is 19.1 Å². The second-order valence-corrected chi connectivity index (χ2v) is 8.14. The smallest absolute Gasteiger partial charge is 0.201 e. The van der Waals surface area contributed by atoms with E-state index in [-0.39, 0.29) is 5.43 Å². The van der Waals surface area contributed by atoms with Crippen LogP contribution < -0.4 is 14.9 Å². The van der Waals surface area contributed by atoms with E-state index >= 15 is 0 Å². The van der Waals surface area contributed by atoms with Crippen molar-refractivity contribution < 1.29 is 14.6 Å². The minimum atomic E-state index is -0.856. The summed E-state index contributed by atoms with van der Waals surface area (Å²) >= 11 is 0. The molecule has 29 heavy (non-hydrogen) atoms. The minimum Gasteiger partial charge on any atom is -0.496 e. The molecular weight excluding hydrogens is 366 g/mol. The standard InChI is InChI=1S/C24H22NO4/c1-24(2)12-17(26)20-19(29-24)11-18(28-4)21-22(20)25(3)16-10-14-8-6-5-7-13(14)9-15(16)23(21)27/h5-12,17,26H,1-4H3. The first-order valence-electron chi connectivity index (χ1n) is 9.60. The van der Waals surface area contributed by atoms with Gasteiger partial charge in [0, 0.05) is 30.5 Å². The molecule has 0 fully saturated rings. The van der Waals surface area contributed by atoms with Gasteiger partial charge >= 0.3 is 0 Å². The van der Waals surface area contributed by atoms with Gasteiger partial charge in [-0.25, -0.2) is 0 Å². The summed E-state index contributed by atoms with van der Waals surface area (Å²) in [5.41, 5.74) is 1.28. The third kappa shape index (κ3) is 2.54. The molecule has 1 unspecified atom stereocenters. The van der Waals surface area contributed by atoms with Crippen LogP contribution in [0.25, 0.3) is 32.6 Å². The van der Waals surface area contributed by atoms with E-state index in [4.69, 9.17) is 9.47 Å². The van der Waals surface area contributed by atoms with Crippen molar-refractivity contribution in [2.45, 2.75) is 25.6 Å². The van der Waals surface area contributed by atoms with Crippen LogP contribution >= 0.6 is 0 Å². The van der Waals surface area contributed by atoms with E-state index in [9.17, 15) is 9.90 Å². The highest BCUT2D eigenvalue weighted by Gasteiger charge is 2.36. The molecule has 3 aromatic carbocycles. The number of aliphatic hydroxyl groups excluding tert-OH is 1. The highest BCUT2D eigenvalue weighted by Crippen LogP contribution is 2.45. The fourth-order valence-electron chi connectivity index (χ4n) is 4.46. The molecule has 5 nitrogen and oxygen atoms in total. The first-order valence-corrected chi connectivity index (χ1v) is 9.60. The molecule has 0 saturated heterocycles. The Hall–Kier alpha value is -3.05. The van der Waals surface area contributed by atoms with E-state index in [0.29, 0.717) is 33.4 Å². The van der Waals surface area contributed by atoms with Crippen molar-refractivity contribution in [3.8, 4) is 11.5 Å². The van der Waals surface area contributed by atoms with Crippen LogP contribution in [0.5, 0.6) is 11.5 Å². The van der Waals surface area contributed by atoms with Crippen LogP contribution in [0.4, 0.5) is 0 Å². The number of methoxy groups -OCH3 is 1. The summed E-state index contributed by atoms with van der Waals surface area (Å²) in [4.78, 5) is 13.6. The third-order valence-corrected chi connectivity index (χ3v) is 5.75. The average Bonchev–Trinajstić information content (AvgIpc) is 2.68. The number of aromatic nitrogens is 1. The van der Waals surface area contributed by atoms with Crippen molar-refractivity contribution in [3.05, 3.63) is 64.7 Å². The average molecular weight is 388 g/mol.